The summed E-state index contributed by atoms with van der Waals surface area (Å²) in [5.41, 5.74) is 3.76. The molecule has 152 valence electrons. The van der Waals surface area contributed by atoms with Crippen molar-refractivity contribution in [1.29, 1.82) is 0 Å². The molecule has 0 spiro atoms. The zero-order valence-electron chi connectivity index (χ0n) is 17.0. The molecule has 0 radical (unpaired) electrons. The number of nitrogens with one attached hydrogen (secondary N) is 1. The van der Waals surface area contributed by atoms with Crippen molar-refractivity contribution < 1.29 is 9.59 Å². The SMILES string of the molecule is C[C@H](C(=O)N(Cc1ccccc1)Cc1ccccc1)N1CC(=O)Nc2ccccc21. The van der Waals surface area contributed by atoms with Crippen LogP contribution in [0.2, 0.25) is 0 Å². The van der Waals surface area contributed by atoms with Crippen molar-refractivity contribution in [2.75, 3.05) is 16.8 Å². The van der Waals surface area contributed by atoms with Gasteiger partial charge in [-0.2, -0.15) is 0 Å². The van der Waals surface area contributed by atoms with Gasteiger partial charge < -0.3 is 15.1 Å². The monoisotopic (exact) mass is 399 g/mol. The Morgan fingerprint density at radius 2 is 1.43 bits per heavy atom. The maximum atomic E-state index is 13.6. The minimum Gasteiger partial charge on any atom is -0.349 e. The van der Waals surface area contributed by atoms with Crippen LogP contribution >= 0.6 is 0 Å². The van der Waals surface area contributed by atoms with Crippen LogP contribution in [0.3, 0.4) is 0 Å². The molecule has 0 aliphatic carbocycles. The van der Waals surface area contributed by atoms with E-state index in [1.165, 1.54) is 0 Å². The minimum atomic E-state index is -0.468. The number of amides is 2. The Balaban J connectivity index is 1.61. The zero-order valence-corrected chi connectivity index (χ0v) is 17.0. The molecule has 0 saturated carbocycles. The van der Waals surface area contributed by atoms with Gasteiger partial charge in [-0.25, -0.2) is 0 Å². The van der Waals surface area contributed by atoms with Crippen molar-refractivity contribution in [3.63, 3.8) is 0 Å². The van der Waals surface area contributed by atoms with E-state index in [2.05, 4.69) is 5.32 Å². The summed E-state index contributed by atoms with van der Waals surface area (Å²) in [5.74, 6) is -0.113. The van der Waals surface area contributed by atoms with E-state index in [0.29, 0.717) is 13.1 Å². The topological polar surface area (TPSA) is 52.7 Å². The molecule has 2 amide bonds. The summed E-state index contributed by atoms with van der Waals surface area (Å²) in [6.45, 7) is 3.07. The Bertz CT molecular complexity index is 979. The van der Waals surface area contributed by atoms with Gasteiger partial charge in [0.25, 0.3) is 0 Å². The van der Waals surface area contributed by atoms with Gasteiger partial charge in [0, 0.05) is 13.1 Å². The van der Waals surface area contributed by atoms with Crippen molar-refractivity contribution in [2.24, 2.45) is 0 Å². The predicted octanol–water partition coefficient (Wildman–Crippen LogP) is 4.06. The van der Waals surface area contributed by atoms with Crippen molar-refractivity contribution in [3.8, 4) is 0 Å². The summed E-state index contributed by atoms with van der Waals surface area (Å²) >= 11 is 0. The molecule has 0 aromatic heterocycles. The van der Waals surface area contributed by atoms with Gasteiger partial charge in [0.15, 0.2) is 0 Å². The van der Waals surface area contributed by atoms with Crippen LogP contribution in [0.4, 0.5) is 11.4 Å². The summed E-state index contributed by atoms with van der Waals surface area (Å²) in [6.07, 6.45) is 0. The number of hydrogen-bond donors (Lipinski definition) is 1. The van der Waals surface area contributed by atoms with Crippen molar-refractivity contribution >= 4 is 23.2 Å². The molecule has 5 nitrogen and oxygen atoms in total. The molecule has 0 saturated heterocycles. The fourth-order valence-corrected chi connectivity index (χ4v) is 3.82. The standard InChI is InChI=1S/C25H25N3O2/c1-19(28-18-24(29)26-22-14-8-9-15-23(22)28)25(30)27(16-20-10-4-2-5-11-20)17-21-12-6-3-7-13-21/h2-15,19H,16-18H2,1H3,(H,26,29)/t19-/m1/s1. The Labute approximate surface area is 176 Å². The van der Waals surface area contributed by atoms with Crippen LogP contribution in [0.25, 0.3) is 0 Å². The highest BCUT2D eigenvalue weighted by Crippen LogP contribution is 2.31. The summed E-state index contributed by atoms with van der Waals surface area (Å²) < 4.78 is 0. The van der Waals surface area contributed by atoms with Crippen LogP contribution < -0.4 is 10.2 Å². The van der Waals surface area contributed by atoms with Crippen LogP contribution in [0.5, 0.6) is 0 Å². The number of anilines is 2. The Hall–Kier alpha value is -3.60. The lowest BCUT2D eigenvalue weighted by Gasteiger charge is -2.37. The number of fused-ring (bicyclic) bond motifs is 1. The normalized spacial score (nSPS) is 13.9. The molecule has 1 aliphatic rings. The lowest BCUT2D eigenvalue weighted by atomic mass is 10.1. The molecule has 3 aromatic carbocycles. The second-order valence-corrected chi connectivity index (χ2v) is 7.53. The smallest absolute Gasteiger partial charge is 0.245 e. The summed E-state index contributed by atoms with van der Waals surface area (Å²) in [7, 11) is 0. The fourth-order valence-electron chi connectivity index (χ4n) is 3.82. The van der Waals surface area contributed by atoms with Gasteiger partial charge >= 0.3 is 0 Å². The van der Waals surface area contributed by atoms with Crippen LogP contribution in [0.15, 0.2) is 84.9 Å². The van der Waals surface area contributed by atoms with E-state index in [1.54, 1.807) is 0 Å². The third kappa shape index (κ3) is 4.35. The first-order chi connectivity index (χ1) is 14.6. The molecule has 3 aromatic rings. The van der Waals surface area contributed by atoms with E-state index >= 15 is 0 Å². The average molecular weight is 399 g/mol. The minimum absolute atomic E-state index is 0.00721. The molecule has 4 rings (SSSR count). The van der Waals surface area contributed by atoms with Gasteiger partial charge in [0.1, 0.15) is 6.04 Å². The van der Waals surface area contributed by atoms with Gasteiger partial charge in [-0.15, -0.1) is 0 Å². The first-order valence-corrected chi connectivity index (χ1v) is 10.1. The molecule has 0 bridgehead atoms. The molecule has 0 fully saturated rings. The van der Waals surface area contributed by atoms with E-state index in [1.807, 2.05) is 102 Å². The van der Waals surface area contributed by atoms with E-state index in [9.17, 15) is 9.59 Å². The van der Waals surface area contributed by atoms with Crippen LogP contribution in [0.1, 0.15) is 18.1 Å². The fraction of sp³-hybridized carbons (Fsp3) is 0.200. The predicted molar refractivity (Wildman–Crippen MR) is 119 cm³/mol. The maximum absolute atomic E-state index is 13.6. The van der Waals surface area contributed by atoms with E-state index in [4.69, 9.17) is 0 Å². The lowest BCUT2D eigenvalue weighted by Crippen LogP contribution is -2.51. The third-order valence-electron chi connectivity index (χ3n) is 5.37. The Morgan fingerprint density at radius 3 is 2.03 bits per heavy atom. The molecular weight excluding hydrogens is 374 g/mol. The summed E-state index contributed by atoms with van der Waals surface area (Å²) in [4.78, 5) is 29.6. The van der Waals surface area contributed by atoms with Crippen molar-refractivity contribution in [2.45, 2.75) is 26.1 Å². The van der Waals surface area contributed by atoms with Crippen LogP contribution in [0, 0.1) is 0 Å². The lowest BCUT2D eigenvalue weighted by molar-refractivity contribution is -0.133. The van der Waals surface area contributed by atoms with Gasteiger partial charge in [0.2, 0.25) is 11.8 Å². The van der Waals surface area contributed by atoms with E-state index in [0.717, 1.165) is 22.5 Å². The molecule has 1 heterocycles. The number of para-hydroxylation sites is 2. The number of hydrogen-bond acceptors (Lipinski definition) is 3. The van der Waals surface area contributed by atoms with Gasteiger partial charge in [-0.05, 0) is 30.2 Å². The number of rotatable bonds is 6. The molecule has 1 atom stereocenters. The molecule has 1 aliphatic heterocycles. The number of carbonyl (C=O) groups is 2. The Kier molecular flexibility index (Phi) is 5.80. The number of carbonyl (C=O) groups excluding carboxylic acids is 2. The summed E-state index contributed by atoms with van der Waals surface area (Å²) in [5, 5.41) is 2.89. The van der Waals surface area contributed by atoms with Gasteiger partial charge in [-0.1, -0.05) is 72.8 Å². The highest BCUT2D eigenvalue weighted by Gasteiger charge is 2.31. The first kappa shape index (κ1) is 19.7. The summed E-state index contributed by atoms with van der Waals surface area (Å²) in [6, 6.07) is 27.1. The molecular formula is C25H25N3O2. The highest BCUT2D eigenvalue weighted by atomic mass is 16.2. The van der Waals surface area contributed by atoms with Crippen LogP contribution in [-0.4, -0.2) is 29.3 Å². The maximum Gasteiger partial charge on any atom is 0.245 e. The second kappa shape index (κ2) is 8.82. The number of benzene rings is 3. The third-order valence-corrected chi connectivity index (χ3v) is 5.37. The zero-order chi connectivity index (χ0) is 20.9. The molecule has 1 N–H and O–H groups in total. The van der Waals surface area contributed by atoms with Crippen molar-refractivity contribution in [3.05, 3.63) is 96.1 Å². The first-order valence-electron chi connectivity index (χ1n) is 10.1. The highest BCUT2D eigenvalue weighted by molar-refractivity contribution is 6.03. The van der Waals surface area contributed by atoms with Gasteiger partial charge in [0.05, 0.1) is 17.9 Å². The molecule has 0 unspecified atom stereocenters. The Morgan fingerprint density at radius 1 is 0.900 bits per heavy atom. The molecule has 5 heteroatoms. The molecule has 30 heavy (non-hydrogen) atoms. The quantitative estimate of drug-likeness (QED) is 0.680. The van der Waals surface area contributed by atoms with Gasteiger partial charge in [-0.3, -0.25) is 9.59 Å². The van der Waals surface area contributed by atoms with E-state index in [-0.39, 0.29) is 18.4 Å². The van der Waals surface area contributed by atoms with E-state index < -0.39 is 6.04 Å². The second-order valence-electron chi connectivity index (χ2n) is 7.53. The van der Waals surface area contributed by atoms with Crippen LogP contribution in [-0.2, 0) is 22.7 Å². The average Bonchev–Trinajstić information content (AvgIpc) is 2.78. The largest absolute Gasteiger partial charge is 0.349 e. The number of nitrogens with zero attached hydrogens (tertiary/aromatic N) is 2. The van der Waals surface area contributed by atoms with Crippen molar-refractivity contribution in [1.82, 2.24) is 4.90 Å².